The van der Waals surface area contributed by atoms with E-state index in [0.717, 1.165) is 22.9 Å². The normalized spacial score (nSPS) is 17.6. The predicted octanol–water partition coefficient (Wildman–Crippen LogP) is 2.71. The summed E-state index contributed by atoms with van der Waals surface area (Å²) in [7, 11) is -3.52. The molecule has 3 rings (SSSR count). The molecule has 0 unspecified atom stereocenters. The number of amides is 1. The van der Waals surface area contributed by atoms with Crippen molar-refractivity contribution in [3.63, 3.8) is 0 Å². The van der Waals surface area contributed by atoms with Crippen LogP contribution in [0.5, 0.6) is 5.75 Å². The van der Waals surface area contributed by atoms with Gasteiger partial charge in [-0.2, -0.15) is 0 Å². The zero-order chi connectivity index (χ0) is 19.8. The number of rotatable bonds is 4. The lowest BCUT2D eigenvalue weighted by Crippen LogP contribution is -2.50. The predicted molar refractivity (Wildman–Crippen MR) is 106 cm³/mol. The molecule has 0 radical (unpaired) electrons. The third-order valence-electron chi connectivity index (χ3n) is 4.68. The van der Waals surface area contributed by atoms with Crippen LogP contribution in [0.4, 0.5) is 5.69 Å². The molecular formula is C20H24N2O4S. The summed E-state index contributed by atoms with van der Waals surface area (Å²) in [6.45, 7) is 5.87. The molecule has 0 spiro atoms. The fourth-order valence-electron chi connectivity index (χ4n) is 3.35. The molecule has 1 N–H and O–H groups in total. The maximum Gasteiger partial charge on any atom is 0.263 e. The molecule has 0 fully saturated rings. The Bertz CT molecular complexity index is 972. The second-order valence-corrected chi connectivity index (χ2v) is 8.87. The van der Waals surface area contributed by atoms with Crippen LogP contribution in [-0.2, 0) is 14.8 Å². The smallest absolute Gasteiger partial charge is 0.263 e. The van der Waals surface area contributed by atoms with E-state index in [9.17, 15) is 13.2 Å². The first kappa shape index (κ1) is 19.2. The quantitative estimate of drug-likeness (QED) is 0.874. The Morgan fingerprint density at radius 1 is 1.22 bits per heavy atom. The number of carbonyl (C=O) groups is 1. The first-order valence-corrected chi connectivity index (χ1v) is 10.6. The van der Waals surface area contributed by atoms with Gasteiger partial charge in [0.15, 0.2) is 6.10 Å². The number of hydrogen-bond donors (Lipinski definition) is 1. The molecule has 6 nitrogen and oxygen atoms in total. The fraction of sp³-hybridized carbons (Fsp3) is 0.350. The van der Waals surface area contributed by atoms with E-state index in [0.29, 0.717) is 11.4 Å². The number of benzene rings is 2. The van der Waals surface area contributed by atoms with Gasteiger partial charge in [0.05, 0.1) is 24.5 Å². The van der Waals surface area contributed by atoms with Crippen LogP contribution in [0.2, 0.25) is 0 Å². The molecule has 0 aromatic heterocycles. The van der Waals surface area contributed by atoms with Crippen molar-refractivity contribution in [3.8, 4) is 5.75 Å². The summed E-state index contributed by atoms with van der Waals surface area (Å²) >= 11 is 0. The Kier molecular flexibility index (Phi) is 5.15. The number of para-hydroxylation sites is 2. The van der Waals surface area contributed by atoms with Crippen LogP contribution in [0.15, 0.2) is 42.5 Å². The number of sulfonamides is 1. The zero-order valence-electron chi connectivity index (χ0n) is 15.9. The molecule has 1 amide bonds. The van der Waals surface area contributed by atoms with Crippen molar-refractivity contribution in [1.82, 2.24) is 5.32 Å². The first-order valence-electron chi connectivity index (χ1n) is 8.77. The van der Waals surface area contributed by atoms with Gasteiger partial charge in [0.1, 0.15) is 5.75 Å². The number of carbonyl (C=O) groups excluding carboxylic acids is 1. The van der Waals surface area contributed by atoms with Gasteiger partial charge >= 0.3 is 0 Å². The Balaban J connectivity index is 1.81. The van der Waals surface area contributed by atoms with Gasteiger partial charge in [-0.25, -0.2) is 8.42 Å². The molecule has 1 aliphatic rings. The third kappa shape index (κ3) is 4.08. The van der Waals surface area contributed by atoms with E-state index in [1.165, 1.54) is 4.31 Å². The summed E-state index contributed by atoms with van der Waals surface area (Å²) < 4.78 is 31.4. The monoisotopic (exact) mass is 388 g/mol. The largest absolute Gasteiger partial charge is 0.476 e. The minimum atomic E-state index is -3.52. The Labute approximate surface area is 160 Å². The molecule has 0 bridgehead atoms. The number of fused-ring (bicyclic) bond motifs is 1. The van der Waals surface area contributed by atoms with Crippen LogP contribution >= 0.6 is 0 Å². The van der Waals surface area contributed by atoms with E-state index >= 15 is 0 Å². The van der Waals surface area contributed by atoms with Crippen LogP contribution in [0.3, 0.4) is 0 Å². The van der Waals surface area contributed by atoms with E-state index in [-0.39, 0.29) is 18.5 Å². The van der Waals surface area contributed by atoms with E-state index in [1.54, 1.807) is 24.3 Å². The van der Waals surface area contributed by atoms with Gasteiger partial charge in [-0.15, -0.1) is 0 Å². The van der Waals surface area contributed by atoms with Gasteiger partial charge in [0, 0.05) is 0 Å². The van der Waals surface area contributed by atoms with Crippen LogP contribution in [0.1, 0.15) is 29.7 Å². The number of nitrogens with one attached hydrogen (secondary N) is 1. The summed E-state index contributed by atoms with van der Waals surface area (Å²) in [5.41, 5.74) is 3.72. The summed E-state index contributed by atoms with van der Waals surface area (Å²) in [6.07, 6.45) is 0.213. The minimum absolute atomic E-state index is 0.0543. The standard InChI is InChI=1S/C20H24N2O4S/c1-13-9-10-16(14(2)11-13)15(3)21-20(23)19-12-22(27(4,24)25)17-7-5-6-8-18(17)26-19/h5-11,15,19H,12H2,1-4H3,(H,21,23)/t15-,19-/m1/s1. The molecule has 2 aromatic rings. The molecule has 2 aromatic carbocycles. The Morgan fingerprint density at radius 2 is 1.93 bits per heavy atom. The minimum Gasteiger partial charge on any atom is -0.476 e. The van der Waals surface area contributed by atoms with E-state index in [2.05, 4.69) is 11.4 Å². The topological polar surface area (TPSA) is 75.7 Å². The number of aryl methyl sites for hydroxylation is 2. The molecule has 0 aliphatic carbocycles. The molecule has 0 saturated carbocycles. The Morgan fingerprint density at radius 3 is 2.59 bits per heavy atom. The van der Waals surface area contributed by atoms with Crippen molar-refractivity contribution >= 4 is 21.6 Å². The molecule has 1 heterocycles. The van der Waals surface area contributed by atoms with Crippen LogP contribution in [0, 0.1) is 13.8 Å². The lowest BCUT2D eigenvalue weighted by atomic mass is 10.00. The summed E-state index contributed by atoms with van der Waals surface area (Å²) in [6, 6.07) is 12.7. The number of nitrogens with zero attached hydrogens (tertiary/aromatic N) is 1. The van der Waals surface area contributed by atoms with Crippen LogP contribution < -0.4 is 14.4 Å². The second-order valence-electron chi connectivity index (χ2n) is 6.96. The highest BCUT2D eigenvalue weighted by Crippen LogP contribution is 2.34. The lowest BCUT2D eigenvalue weighted by molar-refractivity contribution is -0.128. The van der Waals surface area contributed by atoms with Crippen molar-refractivity contribution in [2.24, 2.45) is 0 Å². The zero-order valence-corrected chi connectivity index (χ0v) is 16.7. The molecule has 1 aliphatic heterocycles. The summed E-state index contributed by atoms with van der Waals surface area (Å²) in [4.78, 5) is 12.8. The third-order valence-corrected chi connectivity index (χ3v) is 5.82. The molecular weight excluding hydrogens is 364 g/mol. The van der Waals surface area contributed by atoms with E-state index in [4.69, 9.17) is 4.74 Å². The van der Waals surface area contributed by atoms with Crippen LogP contribution in [-0.4, -0.2) is 33.2 Å². The first-order chi connectivity index (χ1) is 12.7. The number of anilines is 1. The average molecular weight is 388 g/mol. The molecule has 7 heteroatoms. The second kappa shape index (κ2) is 7.23. The van der Waals surface area contributed by atoms with Gasteiger partial charge in [0.25, 0.3) is 5.91 Å². The van der Waals surface area contributed by atoms with Crippen molar-refractivity contribution < 1.29 is 17.9 Å². The van der Waals surface area contributed by atoms with Crippen molar-refractivity contribution in [2.75, 3.05) is 17.1 Å². The maximum absolute atomic E-state index is 12.8. The fourth-order valence-corrected chi connectivity index (χ4v) is 4.26. The number of ether oxygens (including phenoxy) is 1. The highest BCUT2D eigenvalue weighted by molar-refractivity contribution is 7.92. The Hall–Kier alpha value is -2.54. The van der Waals surface area contributed by atoms with E-state index < -0.39 is 16.1 Å². The highest BCUT2D eigenvalue weighted by Gasteiger charge is 2.35. The van der Waals surface area contributed by atoms with Gasteiger partial charge in [-0.05, 0) is 44.0 Å². The molecule has 27 heavy (non-hydrogen) atoms. The molecule has 144 valence electrons. The van der Waals surface area contributed by atoms with Crippen molar-refractivity contribution in [2.45, 2.75) is 32.9 Å². The lowest BCUT2D eigenvalue weighted by Gasteiger charge is -2.34. The van der Waals surface area contributed by atoms with Gasteiger partial charge in [-0.1, -0.05) is 35.9 Å². The maximum atomic E-state index is 12.8. The number of hydrogen-bond acceptors (Lipinski definition) is 4. The average Bonchev–Trinajstić information content (AvgIpc) is 2.59. The molecule has 0 saturated heterocycles. The van der Waals surface area contributed by atoms with Gasteiger partial charge in [-0.3, -0.25) is 9.10 Å². The summed E-state index contributed by atoms with van der Waals surface area (Å²) in [5.74, 6) is 0.0409. The van der Waals surface area contributed by atoms with E-state index in [1.807, 2.05) is 32.9 Å². The van der Waals surface area contributed by atoms with Gasteiger partial charge < -0.3 is 10.1 Å². The van der Waals surface area contributed by atoms with Crippen molar-refractivity contribution in [3.05, 3.63) is 59.2 Å². The summed E-state index contributed by atoms with van der Waals surface area (Å²) in [5, 5.41) is 2.94. The van der Waals surface area contributed by atoms with Gasteiger partial charge in [0.2, 0.25) is 10.0 Å². The molecule has 2 atom stereocenters. The highest BCUT2D eigenvalue weighted by atomic mass is 32.2. The van der Waals surface area contributed by atoms with Crippen molar-refractivity contribution in [1.29, 1.82) is 0 Å². The SMILES string of the molecule is Cc1ccc([C@@H](C)NC(=O)[C@H]2CN(S(C)(=O)=O)c3ccccc3O2)c(C)c1. The van der Waals surface area contributed by atoms with Crippen LogP contribution in [0.25, 0.3) is 0 Å².